The van der Waals surface area contributed by atoms with Gasteiger partial charge in [-0.1, -0.05) is 18.2 Å². The first kappa shape index (κ1) is 22.9. The number of hydrogen-bond acceptors (Lipinski definition) is 5. The van der Waals surface area contributed by atoms with E-state index in [1.165, 1.54) is 17.7 Å². The summed E-state index contributed by atoms with van der Waals surface area (Å²) in [4.78, 5) is 21.2. The van der Waals surface area contributed by atoms with Crippen LogP contribution in [0.1, 0.15) is 18.2 Å². The van der Waals surface area contributed by atoms with Crippen LogP contribution < -0.4 is 15.0 Å². The third-order valence-corrected chi connectivity index (χ3v) is 5.72. The number of anilines is 1. The molecule has 0 aliphatic carbocycles. The van der Waals surface area contributed by atoms with Gasteiger partial charge in [-0.3, -0.25) is 14.7 Å². The molecule has 1 fully saturated rings. The standard InChI is InChI=1S/C26H29FN4O2/c1-19-17-31(13-12-28-19)18-20-6-9-23(10-7-20)30(2)26(32)15-22-8-11-25(16-29-22)33-24-5-3-4-21(27)14-24/h3-11,14,16,19,28H,12-13,15,17-18H2,1-2H3/t19-/m0/s1. The molecule has 1 saturated heterocycles. The van der Waals surface area contributed by atoms with Crippen molar-refractivity contribution in [1.82, 2.24) is 15.2 Å². The number of pyridine rings is 1. The van der Waals surface area contributed by atoms with E-state index in [2.05, 4.69) is 34.3 Å². The van der Waals surface area contributed by atoms with Gasteiger partial charge in [-0.05, 0) is 48.9 Å². The second-order valence-electron chi connectivity index (χ2n) is 8.43. The molecule has 0 radical (unpaired) electrons. The number of amides is 1. The first-order valence-electron chi connectivity index (χ1n) is 11.2. The Morgan fingerprint density at radius 1 is 1.18 bits per heavy atom. The zero-order chi connectivity index (χ0) is 23.2. The number of nitrogens with zero attached hydrogens (tertiary/aromatic N) is 3. The minimum Gasteiger partial charge on any atom is -0.456 e. The van der Waals surface area contributed by atoms with Crippen molar-refractivity contribution in [3.05, 3.63) is 83.9 Å². The fraction of sp³-hybridized carbons (Fsp3) is 0.308. The second kappa shape index (κ2) is 10.6. The van der Waals surface area contributed by atoms with Gasteiger partial charge in [-0.15, -0.1) is 0 Å². The average molecular weight is 449 g/mol. The number of likely N-dealkylation sites (N-methyl/N-ethyl adjacent to an activating group) is 1. The Bertz CT molecular complexity index is 1070. The largest absolute Gasteiger partial charge is 0.456 e. The van der Waals surface area contributed by atoms with Gasteiger partial charge in [0.2, 0.25) is 5.91 Å². The van der Waals surface area contributed by atoms with Crippen LogP contribution in [0, 0.1) is 5.82 Å². The number of nitrogens with one attached hydrogen (secondary N) is 1. The lowest BCUT2D eigenvalue weighted by Gasteiger charge is -2.31. The molecule has 0 saturated carbocycles. The number of aromatic nitrogens is 1. The Labute approximate surface area is 194 Å². The Balaban J connectivity index is 1.31. The zero-order valence-electron chi connectivity index (χ0n) is 19.0. The first-order chi connectivity index (χ1) is 16.0. The summed E-state index contributed by atoms with van der Waals surface area (Å²) in [5.41, 5.74) is 2.73. The number of carbonyl (C=O) groups is 1. The highest BCUT2D eigenvalue weighted by Crippen LogP contribution is 2.22. The molecular weight excluding hydrogens is 419 g/mol. The predicted molar refractivity (Wildman–Crippen MR) is 127 cm³/mol. The molecule has 0 spiro atoms. The van der Waals surface area contributed by atoms with Gasteiger partial charge in [0.1, 0.15) is 17.3 Å². The van der Waals surface area contributed by atoms with Gasteiger partial charge in [-0.25, -0.2) is 4.39 Å². The second-order valence-corrected chi connectivity index (χ2v) is 8.43. The normalized spacial score (nSPS) is 16.4. The molecular formula is C26H29FN4O2. The maximum Gasteiger partial charge on any atom is 0.232 e. The van der Waals surface area contributed by atoms with Crippen molar-refractivity contribution in [3.63, 3.8) is 0 Å². The molecule has 1 aromatic heterocycles. The molecule has 1 amide bonds. The van der Waals surface area contributed by atoms with E-state index in [0.717, 1.165) is 31.9 Å². The Kier molecular flexibility index (Phi) is 7.32. The number of piperazine rings is 1. The van der Waals surface area contributed by atoms with Crippen LogP contribution in [0.3, 0.4) is 0 Å². The van der Waals surface area contributed by atoms with E-state index in [0.29, 0.717) is 23.2 Å². The van der Waals surface area contributed by atoms with E-state index >= 15 is 0 Å². The van der Waals surface area contributed by atoms with Gasteiger partial charge in [0.15, 0.2) is 0 Å². The number of carbonyl (C=O) groups excluding carboxylic acids is 1. The number of ether oxygens (including phenoxy) is 1. The molecule has 0 unspecified atom stereocenters. The highest BCUT2D eigenvalue weighted by Gasteiger charge is 2.16. The van der Waals surface area contributed by atoms with Crippen LogP contribution in [-0.2, 0) is 17.8 Å². The topological polar surface area (TPSA) is 57.7 Å². The van der Waals surface area contributed by atoms with Crippen molar-refractivity contribution >= 4 is 11.6 Å². The first-order valence-corrected chi connectivity index (χ1v) is 11.2. The molecule has 7 heteroatoms. The summed E-state index contributed by atoms with van der Waals surface area (Å²) in [5, 5.41) is 3.46. The third-order valence-electron chi connectivity index (χ3n) is 5.72. The Morgan fingerprint density at radius 3 is 2.70 bits per heavy atom. The summed E-state index contributed by atoms with van der Waals surface area (Å²) < 4.78 is 18.9. The quantitative estimate of drug-likeness (QED) is 0.592. The minimum absolute atomic E-state index is 0.0509. The monoisotopic (exact) mass is 448 g/mol. The summed E-state index contributed by atoms with van der Waals surface area (Å²) in [7, 11) is 1.77. The van der Waals surface area contributed by atoms with Crippen LogP contribution >= 0.6 is 0 Å². The zero-order valence-corrected chi connectivity index (χ0v) is 19.0. The Hall–Kier alpha value is -3.29. The Morgan fingerprint density at radius 2 is 2.00 bits per heavy atom. The van der Waals surface area contributed by atoms with Gasteiger partial charge < -0.3 is 15.0 Å². The summed E-state index contributed by atoms with van der Waals surface area (Å²) in [6.45, 7) is 6.22. The molecule has 2 aromatic carbocycles. The molecule has 3 aromatic rings. The molecule has 4 rings (SSSR count). The van der Waals surface area contributed by atoms with Crippen LogP contribution in [0.15, 0.2) is 66.9 Å². The minimum atomic E-state index is -0.364. The van der Waals surface area contributed by atoms with Crippen LogP contribution in [0.5, 0.6) is 11.5 Å². The molecule has 172 valence electrons. The van der Waals surface area contributed by atoms with Gasteiger partial charge in [0, 0.05) is 56.7 Å². The maximum atomic E-state index is 13.3. The smallest absolute Gasteiger partial charge is 0.232 e. The van der Waals surface area contributed by atoms with Crippen LogP contribution in [-0.4, -0.2) is 48.5 Å². The fourth-order valence-corrected chi connectivity index (χ4v) is 3.90. The SMILES string of the molecule is C[C@H]1CN(Cc2ccc(N(C)C(=O)Cc3ccc(Oc4cccc(F)c4)cn3)cc2)CCN1. The maximum absolute atomic E-state index is 13.3. The predicted octanol–water partition coefficient (Wildman–Crippen LogP) is 4.01. The van der Waals surface area contributed by atoms with Gasteiger partial charge in [0.05, 0.1) is 12.6 Å². The highest BCUT2D eigenvalue weighted by molar-refractivity contribution is 5.94. The van der Waals surface area contributed by atoms with Crippen molar-refractivity contribution in [2.24, 2.45) is 0 Å². The van der Waals surface area contributed by atoms with Crippen molar-refractivity contribution in [2.45, 2.75) is 25.9 Å². The molecule has 1 N–H and O–H groups in total. The number of rotatable bonds is 7. The molecule has 2 heterocycles. The lowest BCUT2D eigenvalue weighted by Crippen LogP contribution is -2.48. The summed E-state index contributed by atoms with van der Waals surface area (Å²) in [6, 6.07) is 18.1. The van der Waals surface area contributed by atoms with Gasteiger partial charge >= 0.3 is 0 Å². The van der Waals surface area contributed by atoms with Gasteiger partial charge in [0.25, 0.3) is 0 Å². The van der Waals surface area contributed by atoms with E-state index in [-0.39, 0.29) is 18.1 Å². The van der Waals surface area contributed by atoms with Crippen molar-refractivity contribution in [3.8, 4) is 11.5 Å². The van der Waals surface area contributed by atoms with Crippen LogP contribution in [0.4, 0.5) is 10.1 Å². The fourth-order valence-electron chi connectivity index (χ4n) is 3.90. The molecule has 6 nitrogen and oxygen atoms in total. The molecule has 33 heavy (non-hydrogen) atoms. The van der Waals surface area contributed by atoms with E-state index in [9.17, 15) is 9.18 Å². The average Bonchev–Trinajstić information content (AvgIpc) is 2.80. The summed E-state index contributed by atoms with van der Waals surface area (Å²) >= 11 is 0. The molecule has 1 atom stereocenters. The third kappa shape index (κ3) is 6.37. The molecule has 1 aliphatic rings. The van der Waals surface area contributed by atoms with Gasteiger partial charge in [-0.2, -0.15) is 0 Å². The number of hydrogen-bond donors (Lipinski definition) is 1. The highest BCUT2D eigenvalue weighted by atomic mass is 19.1. The summed E-state index contributed by atoms with van der Waals surface area (Å²) in [6.07, 6.45) is 1.72. The molecule has 1 aliphatic heterocycles. The van der Waals surface area contributed by atoms with E-state index < -0.39 is 0 Å². The van der Waals surface area contributed by atoms with Crippen molar-refractivity contribution in [1.29, 1.82) is 0 Å². The summed E-state index contributed by atoms with van der Waals surface area (Å²) in [5.74, 6) is 0.469. The van der Waals surface area contributed by atoms with Crippen molar-refractivity contribution < 1.29 is 13.9 Å². The number of benzene rings is 2. The van der Waals surface area contributed by atoms with Crippen molar-refractivity contribution in [2.75, 3.05) is 31.6 Å². The lowest BCUT2D eigenvalue weighted by molar-refractivity contribution is -0.117. The lowest BCUT2D eigenvalue weighted by atomic mass is 10.1. The number of halogens is 1. The van der Waals surface area contributed by atoms with Crippen LogP contribution in [0.2, 0.25) is 0 Å². The van der Waals surface area contributed by atoms with E-state index in [4.69, 9.17) is 4.74 Å². The van der Waals surface area contributed by atoms with E-state index in [1.54, 1.807) is 42.4 Å². The molecule has 0 bridgehead atoms. The van der Waals surface area contributed by atoms with E-state index in [1.807, 2.05) is 12.1 Å². The van der Waals surface area contributed by atoms with Crippen LogP contribution in [0.25, 0.3) is 0 Å².